The first kappa shape index (κ1) is 30.4. The maximum Gasteiger partial charge on any atom is 0.323 e. The summed E-state index contributed by atoms with van der Waals surface area (Å²) in [5, 5.41) is 2.84. The van der Waals surface area contributed by atoms with Gasteiger partial charge in [-0.05, 0) is 45.7 Å². The van der Waals surface area contributed by atoms with Gasteiger partial charge >= 0.3 is 5.97 Å². The van der Waals surface area contributed by atoms with Crippen LogP contribution in [0, 0.1) is 6.92 Å². The summed E-state index contributed by atoms with van der Waals surface area (Å²) in [5.74, 6) is -0.0586. The minimum Gasteiger partial charge on any atom is -0.462 e. The molecular formula is C26H38N7O5P. The molecule has 1 unspecified atom stereocenters. The first-order valence-corrected chi connectivity index (χ1v) is 14.5. The Morgan fingerprint density at radius 2 is 1.92 bits per heavy atom. The molecule has 1 aromatic carbocycles. The lowest BCUT2D eigenvalue weighted by atomic mass is 10.1. The second-order valence-electron chi connectivity index (χ2n) is 9.79. The number of carbonyl (C=O) groups is 1. The number of benzene rings is 1. The van der Waals surface area contributed by atoms with Gasteiger partial charge in [0.2, 0.25) is 0 Å². The molecule has 12 nitrogen and oxygen atoms in total. The first-order valence-electron chi connectivity index (χ1n) is 12.7. The van der Waals surface area contributed by atoms with Crippen molar-refractivity contribution in [2.75, 3.05) is 20.4 Å². The number of aryl methyl sites for hydroxylation is 1. The third-order valence-corrected chi connectivity index (χ3v) is 7.38. The number of imidazole rings is 1. The molecule has 0 fully saturated rings. The molecule has 2 aromatic heterocycles. The zero-order chi connectivity index (χ0) is 28.6. The molecule has 0 saturated heterocycles. The number of fused-ring (bicyclic) bond motifs is 1. The fraction of sp³-hybridized carbons (Fsp3) is 0.500. The van der Waals surface area contributed by atoms with Crippen LogP contribution < -0.4 is 5.09 Å². The van der Waals surface area contributed by atoms with E-state index in [0.29, 0.717) is 23.5 Å². The van der Waals surface area contributed by atoms with Gasteiger partial charge in [-0.25, -0.2) is 25.0 Å². The highest BCUT2D eigenvalue weighted by Crippen LogP contribution is 2.44. The van der Waals surface area contributed by atoms with Gasteiger partial charge in [-0.3, -0.25) is 9.36 Å². The number of aromatic nitrogens is 4. The van der Waals surface area contributed by atoms with Crippen LogP contribution in [-0.2, 0) is 36.5 Å². The normalized spacial score (nSPS) is 15.0. The van der Waals surface area contributed by atoms with E-state index in [1.54, 1.807) is 38.3 Å². The van der Waals surface area contributed by atoms with E-state index in [9.17, 15) is 9.36 Å². The number of hydrogen-bond donors (Lipinski definition) is 1. The summed E-state index contributed by atoms with van der Waals surface area (Å²) in [7, 11) is 0.110. The maximum absolute atomic E-state index is 13.9. The Labute approximate surface area is 229 Å². The molecule has 212 valence electrons. The van der Waals surface area contributed by atoms with E-state index in [2.05, 4.69) is 25.0 Å². The van der Waals surface area contributed by atoms with Gasteiger partial charge in [0.15, 0.2) is 17.0 Å². The summed E-state index contributed by atoms with van der Waals surface area (Å²) < 4.78 is 32.8. The summed E-state index contributed by atoms with van der Waals surface area (Å²) in [6.45, 7) is 9.38. The number of nitrogens with zero attached hydrogens (tertiary/aromatic N) is 6. The van der Waals surface area contributed by atoms with Crippen LogP contribution in [0.5, 0.6) is 0 Å². The lowest BCUT2D eigenvalue weighted by Gasteiger charge is -2.25. The highest BCUT2D eigenvalue weighted by molar-refractivity contribution is 7.56. The average Bonchev–Trinajstić information content (AvgIpc) is 3.28. The van der Waals surface area contributed by atoms with Crippen molar-refractivity contribution in [1.29, 1.82) is 0 Å². The second-order valence-corrected chi connectivity index (χ2v) is 11.9. The molecule has 0 spiro atoms. The molecule has 0 aliphatic heterocycles. The third kappa shape index (κ3) is 8.93. The molecular weight excluding hydrogens is 521 g/mol. The molecule has 0 aliphatic carbocycles. The van der Waals surface area contributed by atoms with Gasteiger partial charge in [0.25, 0.3) is 7.52 Å². The van der Waals surface area contributed by atoms with Crippen molar-refractivity contribution in [2.24, 2.45) is 4.99 Å². The number of ether oxygens (including phenoxy) is 2. The largest absolute Gasteiger partial charge is 0.462 e. The van der Waals surface area contributed by atoms with Crippen molar-refractivity contribution in [3.63, 3.8) is 0 Å². The maximum atomic E-state index is 13.9. The molecule has 0 saturated carbocycles. The van der Waals surface area contributed by atoms with Crippen molar-refractivity contribution in [1.82, 2.24) is 29.5 Å². The zero-order valence-corrected chi connectivity index (χ0v) is 24.5. The number of hydrogen-bond acceptors (Lipinski definition) is 9. The predicted molar refractivity (Wildman–Crippen MR) is 150 cm³/mol. The molecule has 1 N–H and O–H groups in total. The van der Waals surface area contributed by atoms with Gasteiger partial charge in [-0.2, -0.15) is 0 Å². The first-order chi connectivity index (χ1) is 18.5. The standard InChI is InChI=1S/C26H38N7O5P/c1-18(2)38-26(34)21(5)31-39(35,37-13-22-11-9-8-10-19(22)3)17-36-20(4)12-33-16-29-23-24(30-15-32(6)7)27-14-28-25(23)33/h8-11,14-16,18,20-21H,12-13,17H2,1-7H3,(H,31,35)/t20-,21+,39?/m1/s1. The molecule has 0 bridgehead atoms. The highest BCUT2D eigenvalue weighted by atomic mass is 31.2. The van der Waals surface area contributed by atoms with E-state index in [1.165, 1.54) is 6.33 Å². The van der Waals surface area contributed by atoms with Crippen LogP contribution >= 0.6 is 7.52 Å². The molecule has 0 amide bonds. The summed E-state index contributed by atoms with van der Waals surface area (Å²) in [4.78, 5) is 31.5. The molecule has 3 aromatic rings. The SMILES string of the molecule is Cc1ccccc1COP(=O)(CO[C@H](C)Cn1cnc2c(N=CN(C)C)ncnc21)N[C@@H](C)C(=O)OC(C)C. The third-order valence-electron chi connectivity index (χ3n) is 5.56. The van der Waals surface area contributed by atoms with Crippen LogP contribution in [0.2, 0.25) is 0 Å². The van der Waals surface area contributed by atoms with Gasteiger partial charge < -0.3 is 23.5 Å². The lowest BCUT2D eigenvalue weighted by molar-refractivity contribution is -0.149. The minimum absolute atomic E-state index is 0.0972. The monoisotopic (exact) mass is 559 g/mol. The van der Waals surface area contributed by atoms with Gasteiger partial charge in [0, 0.05) is 14.1 Å². The van der Waals surface area contributed by atoms with Crippen LogP contribution in [-0.4, -0.2) is 75.4 Å². The van der Waals surface area contributed by atoms with E-state index < -0.39 is 19.5 Å². The minimum atomic E-state index is -3.62. The zero-order valence-electron chi connectivity index (χ0n) is 23.6. The van der Waals surface area contributed by atoms with Crippen molar-refractivity contribution >= 4 is 36.8 Å². The van der Waals surface area contributed by atoms with E-state index in [0.717, 1.165) is 11.1 Å². The Bertz CT molecular complexity index is 1330. The van der Waals surface area contributed by atoms with E-state index in [1.807, 2.05) is 56.8 Å². The van der Waals surface area contributed by atoms with Crippen molar-refractivity contribution < 1.29 is 23.4 Å². The van der Waals surface area contributed by atoms with Crippen molar-refractivity contribution in [2.45, 2.75) is 66.0 Å². The topological polar surface area (TPSA) is 133 Å². The Kier molecular flexibility index (Phi) is 10.7. The van der Waals surface area contributed by atoms with Crippen LogP contribution in [0.1, 0.15) is 38.8 Å². The molecule has 39 heavy (non-hydrogen) atoms. The van der Waals surface area contributed by atoms with Crippen LogP contribution in [0.15, 0.2) is 41.9 Å². The molecule has 3 rings (SSSR count). The Morgan fingerprint density at radius 3 is 2.62 bits per heavy atom. The molecule has 0 aliphatic rings. The average molecular weight is 560 g/mol. The van der Waals surface area contributed by atoms with Gasteiger partial charge in [0.1, 0.15) is 18.7 Å². The van der Waals surface area contributed by atoms with Crippen molar-refractivity contribution in [3.05, 3.63) is 48.0 Å². The quantitative estimate of drug-likeness (QED) is 0.133. The number of aliphatic imine (C=N–C) groups is 1. The Balaban J connectivity index is 1.71. The molecule has 3 atom stereocenters. The molecule has 2 heterocycles. The van der Waals surface area contributed by atoms with Crippen LogP contribution in [0.4, 0.5) is 5.82 Å². The number of nitrogens with one attached hydrogen (secondary N) is 1. The fourth-order valence-corrected chi connectivity index (χ4v) is 5.28. The summed E-state index contributed by atoms with van der Waals surface area (Å²) in [6.07, 6.45) is 3.79. The predicted octanol–water partition coefficient (Wildman–Crippen LogP) is 4.06. The fourth-order valence-electron chi connectivity index (χ4n) is 3.56. The number of esters is 1. The van der Waals surface area contributed by atoms with Gasteiger partial charge in [-0.1, -0.05) is 24.3 Å². The van der Waals surface area contributed by atoms with E-state index in [-0.39, 0.29) is 25.2 Å². The van der Waals surface area contributed by atoms with Gasteiger partial charge in [0.05, 0.1) is 38.0 Å². The van der Waals surface area contributed by atoms with E-state index >= 15 is 0 Å². The molecule has 0 radical (unpaired) electrons. The summed E-state index contributed by atoms with van der Waals surface area (Å²) >= 11 is 0. The lowest BCUT2D eigenvalue weighted by Crippen LogP contribution is -2.36. The second kappa shape index (κ2) is 13.7. The number of rotatable bonds is 14. The van der Waals surface area contributed by atoms with E-state index in [4.69, 9.17) is 14.0 Å². The molecule has 13 heteroatoms. The Hall–Kier alpha value is -3.18. The van der Waals surface area contributed by atoms with Crippen molar-refractivity contribution in [3.8, 4) is 0 Å². The smallest absolute Gasteiger partial charge is 0.323 e. The highest BCUT2D eigenvalue weighted by Gasteiger charge is 2.31. The number of carbonyl (C=O) groups excluding carboxylic acids is 1. The Morgan fingerprint density at radius 1 is 1.18 bits per heavy atom. The van der Waals surface area contributed by atoms with Crippen LogP contribution in [0.25, 0.3) is 11.2 Å². The summed E-state index contributed by atoms with van der Waals surface area (Å²) in [6, 6.07) is 6.82. The van der Waals surface area contributed by atoms with Gasteiger partial charge in [-0.15, -0.1) is 0 Å². The summed E-state index contributed by atoms with van der Waals surface area (Å²) in [5.41, 5.74) is 3.07. The van der Waals surface area contributed by atoms with Crippen LogP contribution in [0.3, 0.4) is 0 Å².